The molecule has 5 heteroatoms. The van der Waals surface area contributed by atoms with Crippen LogP contribution < -0.4 is 5.32 Å². The molecular formula is C15H15ClF3N. The molecule has 3 rings (SSSR count). The molecule has 1 nitrogen and oxygen atoms in total. The highest BCUT2D eigenvalue weighted by molar-refractivity contribution is 6.30. The SMILES string of the molecule is FC(F)(F)c1cc(Cl)cc(NCC2CC3C=CC2C3)c1. The van der Waals surface area contributed by atoms with Crippen molar-refractivity contribution in [3.63, 3.8) is 0 Å². The molecule has 0 spiro atoms. The van der Waals surface area contributed by atoms with Crippen LogP contribution in [0, 0.1) is 17.8 Å². The molecule has 0 aliphatic heterocycles. The molecule has 1 fully saturated rings. The molecule has 2 aliphatic rings. The molecule has 0 radical (unpaired) electrons. The summed E-state index contributed by atoms with van der Waals surface area (Å²) in [5, 5.41) is 3.21. The number of allylic oxidation sites excluding steroid dienone is 2. The molecule has 0 amide bonds. The van der Waals surface area contributed by atoms with E-state index in [0.29, 0.717) is 30.0 Å². The van der Waals surface area contributed by atoms with Crippen LogP contribution in [0.15, 0.2) is 30.4 Å². The Labute approximate surface area is 120 Å². The summed E-state index contributed by atoms with van der Waals surface area (Å²) >= 11 is 5.76. The Morgan fingerprint density at radius 3 is 2.55 bits per heavy atom. The third kappa shape index (κ3) is 2.80. The third-order valence-electron chi connectivity index (χ3n) is 4.21. The van der Waals surface area contributed by atoms with Gasteiger partial charge in [0.2, 0.25) is 0 Å². The highest BCUT2D eigenvalue weighted by Gasteiger charge is 2.35. The van der Waals surface area contributed by atoms with Crippen LogP contribution in [0.1, 0.15) is 18.4 Å². The molecule has 0 aromatic heterocycles. The Bertz CT molecular complexity index is 538. The van der Waals surface area contributed by atoms with Gasteiger partial charge in [-0.3, -0.25) is 0 Å². The number of benzene rings is 1. The third-order valence-corrected chi connectivity index (χ3v) is 4.43. The predicted octanol–water partition coefficient (Wildman–Crippen LogP) is 4.98. The average molecular weight is 302 g/mol. The first-order valence-electron chi connectivity index (χ1n) is 6.72. The summed E-state index contributed by atoms with van der Waals surface area (Å²) in [7, 11) is 0. The van der Waals surface area contributed by atoms with E-state index in [2.05, 4.69) is 17.5 Å². The quantitative estimate of drug-likeness (QED) is 0.776. The zero-order valence-electron chi connectivity index (χ0n) is 10.8. The largest absolute Gasteiger partial charge is 0.416 e. The monoisotopic (exact) mass is 301 g/mol. The molecule has 1 N–H and O–H groups in total. The van der Waals surface area contributed by atoms with Crippen LogP contribution in [-0.2, 0) is 6.18 Å². The minimum absolute atomic E-state index is 0.107. The Morgan fingerprint density at radius 2 is 1.95 bits per heavy atom. The summed E-state index contributed by atoms with van der Waals surface area (Å²) in [6.07, 6.45) is 2.44. The molecule has 2 aliphatic carbocycles. The Kier molecular flexibility index (Phi) is 3.44. The number of rotatable bonds is 3. The second-order valence-corrected chi connectivity index (χ2v) is 6.08. The van der Waals surface area contributed by atoms with Gasteiger partial charge in [-0.2, -0.15) is 13.2 Å². The van der Waals surface area contributed by atoms with Gasteiger partial charge >= 0.3 is 6.18 Å². The average Bonchev–Trinajstić information content (AvgIpc) is 2.96. The topological polar surface area (TPSA) is 12.0 Å². The van der Waals surface area contributed by atoms with Gasteiger partial charge < -0.3 is 5.32 Å². The van der Waals surface area contributed by atoms with E-state index in [9.17, 15) is 13.2 Å². The highest BCUT2D eigenvalue weighted by Crippen LogP contribution is 2.43. The molecule has 1 aromatic rings. The van der Waals surface area contributed by atoms with Gasteiger partial charge in [0, 0.05) is 17.3 Å². The zero-order valence-corrected chi connectivity index (χ0v) is 11.5. The molecule has 3 atom stereocenters. The van der Waals surface area contributed by atoms with E-state index < -0.39 is 11.7 Å². The summed E-state index contributed by atoms with van der Waals surface area (Å²) in [5.41, 5.74) is -0.267. The predicted molar refractivity (Wildman–Crippen MR) is 73.8 cm³/mol. The van der Waals surface area contributed by atoms with Crippen LogP contribution in [0.2, 0.25) is 5.02 Å². The van der Waals surface area contributed by atoms with Crippen molar-refractivity contribution < 1.29 is 13.2 Å². The van der Waals surface area contributed by atoms with E-state index in [4.69, 9.17) is 11.6 Å². The summed E-state index contributed by atoms with van der Waals surface area (Å²) < 4.78 is 38.1. The van der Waals surface area contributed by atoms with Gasteiger partial charge in [-0.05, 0) is 48.8 Å². The second kappa shape index (κ2) is 4.99. The first-order valence-corrected chi connectivity index (χ1v) is 7.09. The number of nitrogens with one attached hydrogen (secondary N) is 1. The van der Waals surface area contributed by atoms with Gasteiger partial charge in [-0.15, -0.1) is 0 Å². The van der Waals surface area contributed by atoms with Crippen molar-refractivity contribution in [2.24, 2.45) is 17.8 Å². The summed E-state index contributed by atoms with van der Waals surface area (Å²) in [6.45, 7) is 0.698. The van der Waals surface area contributed by atoms with E-state index in [1.165, 1.54) is 6.42 Å². The maximum absolute atomic E-state index is 12.7. The molecule has 1 saturated carbocycles. The molecule has 0 saturated heterocycles. The lowest BCUT2D eigenvalue weighted by Crippen LogP contribution is -2.18. The maximum atomic E-state index is 12.7. The molecule has 20 heavy (non-hydrogen) atoms. The molecule has 1 aromatic carbocycles. The van der Waals surface area contributed by atoms with Gasteiger partial charge in [0.25, 0.3) is 0 Å². The Hall–Kier alpha value is -1.16. The van der Waals surface area contributed by atoms with Crippen LogP contribution in [-0.4, -0.2) is 6.54 Å². The van der Waals surface area contributed by atoms with Crippen LogP contribution in [0.3, 0.4) is 0 Å². The number of hydrogen-bond donors (Lipinski definition) is 1. The fourth-order valence-electron chi connectivity index (χ4n) is 3.23. The Morgan fingerprint density at radius 1 is 1.15 bits per heavy atom. The number of hydrogen-bond acceptors (Lipinski definition) is 1. The van der Waals surface area contributed by atoms with Gasteiger partial charge in [-0.25, -0.2) is 0 Å². The fourth-order valence-corrected chi connectivity index (χ4v) is 3.47. The molecule has 2 bridgehead atoms. The van der Waals surface area contributed by atoms with E-state index in [0.717, 1.165) is 18.6 Å². The molecular weight excluding hydrogens is 287 g/mol. The molecule has 108 valence electrons. The smallest absolute Gasteiger partial charge is 0.385 e. The van der Waals surface area contributed by atoms with Crippen LogP contribution >= 0.6 is 11.6 Å². The van der Waals surface area contributed by atoms with E-state index in [-0.39, 0.29) is 5.02 Å². The van der Waals surface area contributed by atoms with Gasteiger partial charge in [0.15, 0.2) is 0 Å². The fraction of sp³-hybridized carbons (Fsp3) is 0.467. The van der Waals surface area contributed by atoms with Crippen molar-refractivity contribution >= 4 is 17.3 Å². The van der Waals surface area contributed by atoms with Crippen molar-refractivity contribution in [2.45, 2.75) is 19.0 Å². The standard InChI is InChI=1S/C15H15ClF3N/c16-13-5-12(15(17,18)19)6-14(7-13)20-8-11-4-9-1-2-10(11)3-9/h1-2,5-7,9-11,20H,3-4,8H2. The van der Waals surface area contributed by atoms with Gasteiger partial charge in [0.05, 0.1) is 5.56 Å². The normalized spacial score (nSPS) is 28.1. The first kappa shape index (κ1) is 13.8. The number of alkyl halides is 3. The number of fused-ring (bicyclic) bond motifs is 2. The maximum Gasteiger partial charge on any atom is 0.416 e. The van der Waals surface area contributed by atoms with Crippen molar-refractivity contribution in [3.05, 3.63) is 40.9 Å². The first-order chi connectivity index (χ1) is 9.41. The van der Waals surface area contributed by atoms with E-state index >= 15 is 0 Å². The van der Waals surface area contributed by atoms with Gasteiger partial charge in [-0.1, -0.05) is 23.8 Å². The zero-order chi connectivity index (χ0) is 14.3. The number of halogens is 4. The van der Waals surface area contributed by atoms with Crippen molar-refractivity contribution in [1.82, 2.24) is 0 Å². The summed E-state index contributed by atoms with van der Waals surface area (Å²) in [4.78, 5) is 0. The lowest BCUT2D eigenvalue weighted by atomic mass is 9.93. The minimum atomic E-state index is -4.36. The minimum Gasteiger partial charge on any atom is -0.385 e. The lowest BCUT2D eigenvalue weighted by Gasteiger charge is -2.20. The van der Waals surface area contributed by atoms with Gasteiger partial charge in [0.1, 0.15) is 0 Å². The lowest BCUT2D eigenvalue weighted by molar-refractivity contribution is -0.137. The summed E-state index contributed by atoms with van der Waals surface area (Å²) in [5.74, 6) is 1.75. The molecule has 3 unspecified atom stereocenters. The second-order valence-electron chi connectivity index (χ2n) is 5.65. The van der Waals surface area contributed by atoms with Crippen LogP contribution in [0.5, 0.6) is 0 Å². The highest BCUT2D eigenvalue weighted by atomic mass is 35.5. The molecule has 0 heterocycles. The van der Waals surface area contributed by atoms with Crippen LogP contribution in [0.25, 0.3) is 0 Å². The van der Waals surface area contributed by atoms with E-state index in [1.54, 1.807) is 6.07 Å². The van der Waals surface area contributed by atoms with Crippen LogP contribution in [0.4, 0.5) is 18.9 Å². The van der Waals surface area contributed by atoms with E-state index in [1.807, 2.05) is 0 Å². The number of anilines is 1. The summed E-state index contributed by atoms with van der Waals surface area (Å²) in [6, 6.07) is 3.61. The van der Waals surface area contributed by atoms with Crippen molar-refractivity contribution in [1.29, 1.82) is 0 Å². The Balaban J connectivity index is 1.68. The van der Waals surface area contributed by atoms with Crippen molar-refractivity contribution in [2.75, 3.05) is 11.9 Å². The van der Waals surface area contributed by atoms with Crippen molar-refractivity contribution in [3.8, 4) is 0 Å².